The fourth-order valence-electron chi connectivity index (χ4n) is 2.05. The van der Waals surface area contributed by atoms with Gasteiger partial charge in [0.1, 0.15) is 0 Å². The number of benzene rings is 1. The predicted octanol–water partition coefficient (Wildman–Crippen LogP) is 4.12. The van der Waals surface area contributed by atoms with E-state index in [4.69, 9.17) is 0 Å². The van der Waals surface area contributed by atoms with Crippen LogP contribution in [0.1, 0.15) is 30.9 Å². The summed E-state index contributed by atoms with van der Waals surface area (Å²) in [4.78, 5) is 0. The van der Waals surface area contributed by atoms with Gasteiger partial charge in [-0.15, -0.1) is 0 Å². The highest BCUT2D eigenvalue weighted by Gasteiger charge is 2.11. The van der Waals surface area contributed by atoms with E-state index >= 15 is 0 Å². The first-order valence-electron chi connectivity index (χ1n) is 5.28. The Bertz CT molecular complexity index is 394. The van der Waals surface area contributed by atoms with Crippen molar-refractivity contribution in [1.82, 2.24) is 0 Å². The second-order valence-corrected chi connectivity index (χ2v) is 3.75. The minimum Gasteiger partial charge on any atom is -0.0769 e. The van der Waals surface area contributed by atoms with Crippen molar-refractivity contribution in [2.45, 2.75) is 26.7 Å². The number of allylic oxidation sites excluding steroid dienone is 4. The molecule has 0 fully saturated rings. The van der Waals surface area contributed by atoms with E-state index in [1.807, 2.05) is 0 Å². The molecule has 72 valence electrons. The Kier molecular flexibility index (Phi) is 2.53. The van der Waals surface area contributed by atoms with Crippen molar-refractivity contribution < 1.29 is 0 Å². The van der Waals surface area contributed by atoms with Crippen LogP contribution in [0.5, 0.6) is 0 Å². The Balaban J connectivity index is 2.42. The molecule has 0 aliphatic heterocycles. The second kappa shape index (κ2) is 3.83. The highest BCUT2D eigenvalue weighted by molar-refractivity contribution is 5.82. The lowest BCUT2D eigenvalue weighted by Gasteiger charge is -2.09. The quantitative estimate of drug-likeness (QED) is 0.648. The molecule has 1 aliphatic carbocycles. The molecule has 0 saturated carbocycles. The molecule has 0 radical (unpaired) electrons. The van der Waals surface area contributed by atoms with Crippen LogP contribution < -0.4 is 0 Å². The lowest BCUT2D eigenvalue weighted by Crippen LogP contribution is -1.89. The molecule has 0 heterocycles. The first-order chi connectivity index (χ1) is 6.83. The zero-order chi connectivity index (χ0) is 9.97. The Labute approximate surface area is 86.0 Å². The van der Waals surface area contributed by atoms with Crippen molar-refractivity contribution in [2.75, 3.05) is 0 Å². The molecular formula is C14H16. The third-order valence-electron chi connectivity index (χ3n) is 2.85. The van der Waals surface area contributed by atoms with E-state index in [1.165, 1.54) is 22.3 Å². The summed E-state index contributed by atoms with van der Waals surface area (Å²) in [7, 11) is 0. The Morgan fingerprint density at radius 1 is 1.14 bits per heavy atom. The van der Waals surface area contributed by atoms with Crippen LogP contribution in [0, 0.1) is 6.92 Å². The number of aryl methyl sites for hydroxylation is 1. The van der Waals surface area contributed by atoms with Gasteiger partial charge >= 0.3 is 0 Å². The molecule has 0 heteroatoms. The van der Waals surface area contributed by atoms with Gasteiger partial charge in [0.25, 0.3) is 0 Å². The van der Waals surface area contributed by atoms with Gasteiger partial charge < -0.3 is 0 Å². The normalized spacial score (nSPS) is 15.3. The Morgan fingerprint density at radius 2 is 1.93 bits per heavy atom. The molecule has 0 aromatic heterocycles. The summed E-state index contributed by atoms with van der Waals surface area (Å²) >= 11 is 0. The first-order valence-corrected chi connectivity index (χ1v) is 5.28. The topological polar surface area (TPSA) is 0 Å². The van der Waals surface area contributed by atoms with Gasteiger partial charge in [-0.25, -0.2) is 0 Å². The van der Waals surface area contributed by atoms with Gasteiger partial charge in [-0.1, -0.05) is 43.3 Å². The van der Waals surface area contributed by atoms with Crippen molar-refractivity contribution in [3.05, 3.63) is 53.1 Å². The molecule has 0 saturated heterocycles. The first kappa shape index (κ1) is 9.26. The lowest BCUT2D eigenvalue weighted by atomic mass is 9.95. The molecule has 2 rings (SSSR count). The van der Waals surface area contributed by atoms with Crippen LogP contribution in [0.4, 0.5) is 0 Å². The maximum absolute atomic E-state index is 2.34. The maximum Gasteiger partial charge on any atom is -0.0154 e. The molecule has 0 nitrogen and oxygen atoms in total. The summed E-state index contributed by atoms with van der Waals surface area (Å²) in [5.74, 6) is 0. The Morgan fingerprint density at radius 3 is 2.64 bits per heavy atom. The third-order valence-corrected chi connectivity index (χ3v) is 2.85. The van der Waals surface area contributed by atoms with Crippen molar-refractivity contribution in [1.29, 1.82) is 0 Å². The van der Waals surface area contributed by atoms with Crippen molar-refractivity contribution in [2.24, 2.45) is 0 Å². The highest BCUT2D eigenvalue weighted by atomic mass is 14.2. The molecule has 0 amide bonds. The van der Waals surface area contributed by atoms with Crippen molar-refractivity contribution in [3.63, 3.8) is 0 Å². The summed E-state index contributed by atoms with van der Waals surface area (Å²) in [6.45, 7) is 4.41. The summed E-state index contributed by atoms with van der Waals surface area (Å²) in [5.41, 5.74) is 5.72. The molecule has 14 heavy (non-hydrogen) atoms. The predicted molar refractivity (Wildman–Crippen MR) is 62.1 cm³/mol. The SMILES string of the molecule is CCC1=CCC=C1c1ccccc1C. The highest BCUT2D eigenvalue weighted by Crippen LogP contribution is 2.32. The molecule has 1 aromatic rings. The smallest absolute Gasteiger partial charge is 0.0154 e. The lowest BCUT2D eigenvalue weighted by molar-refractivity contribution is 1.15. The van der Waals surface area contributed by atoms with E-state index in [2.05, 4.69) is 50.3 Å². The van der Waals surface area contributed by atoms with E-state index in [0.29, 0.717) is 0 Å². The molecule has 0 bridgehead atoms. The summed E-state index contributed by atoms with van der Waals surface area (Å²) in [6, 6.07) is 8.62. The summed E-state index contributed by atoms with van der Waals surface area (Å²) < 4.78 is 0. The van der Waals surface area contributed by atoms with E-state index in [0.717, 1.165) is 12.8 Å². The average molecular weight is 184 g/mol. The summed E-state index contributed by atoms with van der Waals surface area (Å²) in [5, 5.41) is 0. The van der Waals surface area contributed by atoms with Crippen LogP contribution in [0.2, 0.25) is 0 Å². The number of rotatable bonds is 2. The molecule has 0 N–H and O–H groups in total. The molecule has 0 atom stereocenters. The van der Waals surface area contributed by atoms with Crippen LogP contribution in [0.15, 0.2) is 42.0 Å². The fraction of sp³-hybridized carbons (Fsp3) is 0.286. The van der Waals surface area contributed by atoms with Gasteiger partial charge in [0.2, 0.25) is 0 Å². The van der Waals surface area contributed by atoms with Crippen LogP contribution in [0.3, 0.4) is 0 Å². The molecule has 0 unspecified atom stereocenters. The minimum absolute atomic E-state index is 1.10. The van der Waals surface area contributed by atoms with Gasteiger partial charge in [0.15, 0.2) is 0 Å². The van der Waals surface area contributed by atoms with E-state index in [-0.39, 0.29) is 0 Å². The molecule has 1 aromatic carbocycles. The van der Waals surface area contributed by atoms with Gasteiger partial charge in [0, 0.05) is 0 Å². The number of hydrogen-bond donors (Lipinski definition) is 0. The van der Waals surface area contributed by atoms with Crippen molar-refractivity contribution >= 4 is 5.57 Å². The Hall–Kier alpha value is -1.30. The van der Waals surface area contributed by atoms with Crippen molar-refractivity contribution in [3.8, 4) is 0 Å². The van der Waals surface area contributed by atoms with Crippen LogP contribution in [0.25, 0.3) is 5.57 Å². The molecule has 0 spiro atoms. The zero-order valence-electron chi connectivity index (χ0n) is 8.88. The minimum atomic E-state index is 1.10. The maximum atomic E-state index is 2.34. The third kappa shape index (κ3) is 1.52. The summed E-state index contributed by atoms with van der Waals surface area (Å²) in [6.07, 6.45) is 6.91. The van der Waals surface area contributed by atoms with Gasteiger partial charge in [-0.05, 0) is 42.0 Å². The van der Waals surface area contributed by atoms with Gasteiger partial charge in [-0.3, -0.25) is 0 Å². The van der Waals surface area contributed by atoms with E-state index in [1.54, 1.807) is 0 Å². The van der Waals surface area contributed by atoms with Crippen LogP contribution >= 0.6 is 0 Å². The zero-order valence-corrected chi connectivity index (χ0v) is 8.88. The van der Waals surface area contributed by atoms with E-state index < -0.39 is 0 Å². The second-order valence-electron chi connectivity index (χ2n) is 3.75. The largest absolute Gasteiger partial charge is 0.0769 e. The van der Waals surface area contributed by atoms with Crippen LogP contribution in [-0.4, -0.2) is 0 Å². The average Bonchev–Trinajstić information content (AvgIpc) is 2.66. The molecular weight excluding hydrogens is 168 g/mol. The fourth-order valence-corrected chi connectivity index (χ4v) is 2.05. The standard InChI is InChI=1S/C14H16/c1-3-12-8-6-10-14(12)13-9-5-4-7-11(13)2/h4-5,7-10H,3,6H2,1-2H3. The monoisotopic (exact) mass is 184 g/mol. The molecule has 1 aliphatic rings. The number of hydrogen-bond acceptors (Lipinski definition) is 0. The van der Waals surface area contributed by atoms with E-state index in [9.17, 15) is 0 Å². The van der Waals surface area contributed by atoms with Gasteiger partial charge in [-0.2, -0.15) is 0 Å². The van der Waals surface area contributed by atoms with Crippen LogP contribution in [-0.2, 0) is 0 Å². The van der Waals surface area contributed by atoms with Gasteiger partial charge in [0.05, 0.1) is 0 Å².